The van der Waals surface area contributed by atoms with Crippen molar-refractivity contribution in [3.05, 3.63) is 57.6 Å². The fourth-order valence-electron chi connectivity index (χ4n) is 3.04. The molecule has 0 bridgehead atoms. The Morgan fingerprint density at radius 2 is 1.81 bits per heavy atom. The minimum absolute atomic E-state index is 0.0239. The average Bonchev–Trinajstić information content (AvgIpc) is 2.93. The van der Waals surface area contributed by atoms with Gasteiger partial charge in [-0.2, -0.15) is 0 Å². The second kappa shape index (κ2) is 6.68. The molecule has 2 unspecified atom stereocenters. The number of hydrogen-bond acceptors (Lipinski definition) is 4. The highest BCUT2D eigenvalue weighted by molar-refractivity contribution is 6.53. The molecule has 1 aliphatic heterocycles. The van der Waals surface area contributed by atoms with Gasteiger partial charge in [0, 0.05) is 22.6 Å². The summed E-state index contributed by atoms with van der Waals surface area (Å²) in [4.78, 5) is 12.5. The van der Waals surface area contributed by atoms with Crippen LogP contribution >= 0.6 is 46.4 Å². The highest BCUT2D eigenvalue weighted by Crippen LogP contribution is 2.66. The van der Waals surface area contributed by atoms with E-state index in [1.165, 1.54) is 0 Å². The predicted molar refractivity (Wildman–Crippen MR) is 99.5 cm³/mol. The number of alkyl halides is 2. The summed E-state index contributed by atoms with van der Waals surface area (Å²) in [6.45, 7) is 0.113. The Kier molecular flexibility index (Phi) is 4.64. The molecule has 4 nitrogen and oxygen atoms in total. The summed E-state index contributed by atoms with van der Waals surface area (Å²) < 4.78 is 14.7. The van der Waals surface area contributed by atoms with Gasteiger partial charge in [-0.15, -0.1) is 0 Å². The molecule has 1 aliphatic carbocycles. The molecule has 1 saturated carbocycles. The van der Waals surface area contributed by atoms with Gasteiger partial charge in [-0.05, 0) is 17.7 Å². The Bertz CT molecular complexity index is 883. The zero-order valence-corrected chi connectivity index (χ0v) is 16.2. The summed E-state index contributed by atoms with van der Waals surface area (Å²) in [6.07, 6.45) is 0. The van der Waals surface area contributed by atoms with E-state index in [1.807, 2.05) is 6.07 Å². The zero-order chi connectivity index (χ0) is 18.5. The van der Waals surface area contributed by atoms with Crippen molar-refractivity contribution in [2.24, 2.45) is 5.92 Å². The first kappa shape index (κ1) is 18.1. The molecule has 4 rings (SSSR count). The molecule has 0 amide bonds. The van der Waals surface area contributed by atoms with Crippen LogP contribution < -0.4 is 9.47 Å². The minimum Gasteiger partial charge on any atom is -0.460 e. The van der Waals surface area contributed by atoms with Crippen molar-refractivity contribution in [1.82, 2.24) is 0 Å². The minimum atomic E-state index is -1.25. The van der Waals surface area contributed by atoms with Gasteiger partial charge in [-0.1, -0.05) is 64.6 Å². The van der Waals surface area contributed by atoms with Crippen LogP contribution in [0.4, 0.5) is 0 Å². The Labute approximate surface area is 169 Å². The smallest absolute Gasteiger partial charge is 0.313 e. The first-order valence-corrected chi connectivity index (χ1v) is 9.27. The highest BCUT2D eigenvalue weighted by Gasteiger charge is 2.69. The van der Waals surface area contributed by atoms with Crippen LogP contribution in [-0.2, 0) is 16.1 Å². The largest absolute Gasteiger partial charge is 0.460 e. The van der Waals surface area contributed by atoms with Crippen molar-refractivity contribution in [3.63, 3.8) is 0 Å². The van der Waals surface area contributed by atoms with E-state index in [-0.39, 0.29) is 13.4 Å². The van der Waals surface area contributed by atoms with Crippen molar-refractivity contribution in [2.45, 2.75) is 16.9 Å². The van der Waals surface area contributed by atoms with Gasteiger partial charge < -0.3 is 14.2 Å². The van der Waals surface area contributed by atoms with E-state index in [4.69, 9.17) is 60.6 Å². The summed E-state index contributed by atoms with van der Waals surface area (Å²) in [5, 5.41) is 0.931. The molecule has 2 aromatic rings. The Balaban J connectivity index is 1.47. The van der Waals surface area contributed by atoms with E-state index in [2.05, 4.69) is 0 Å². The lowest BCUT2D eigenvalue weighted by molar-refractivity contribution is -0.146. The first-order valence-electron chi connectivity index (χ1n) is 7.76. The van der Waals surface area contributed by atoms with E-state index in [1.54, 1.807) is 30.3 Å². The fraction of sp³-hybridized carbons (Fsp3) is 0.278. The van der Waals surface area contributed by atoms with E-state index in [0.29, 0.717) is 27.1 Å². The lowest BCUT2D eigenvalue weighted by Gasteiger charge is -2.08. The average molecular weight is 434 g/mol. The molecule has 0 aromatic heterocycles. The van der Waals surface area contributed by atoms with E-state index < -0.39 is 22.1 Å². The SMILES string of the molecule is O=C(OCc1cc2c(cc1Cl)OCO2)C1C(c2ccccc2Cl)C1(Cl)Cl. The normalized spacial score (nSPS) is 22.2. The molecule has 0 spiro atoms. The highest BCUT2D eigenvalue weighted by atomic mass is 35.5. The molecule has 0 saturated heterocycles. The van der Waals surface area contributed by atoms with Crippen molar-refractivity contribution in [3.8, 4) is 11.5 Å². The van der Waals surface area contributed by atoms with Crippen molar-refractivity contribution < 1.29 is 19.0 Å². The molecule has 2 aromatic carbocycles. The number of hydrogen-bond donors (Lipinski definition) is 0. The van der Waals surface area contributed by atoms with Crippen LogP contribution in [0.2, 0.25) is 10.0 Å². The summed E-state index contributed by atoms with van der Waals surface area (Å²) in [7, 11) is 0. The topological polar surface area (TPSA) is 44.8 Å². The molecule has 0 N–H and O–H groups in total. The van der Waals surface area contributed by atoms with Gasteiger partial charge in [-0.3, -0.25) is 4.79 Å². The maximum absolute atomic E-state index is 12.5. The summed E-state index contributed by atoms with van der Waals surface area (Å²) in [6, 6.07) is 10.5. The Hall–Kier alpha value is -1.33. The monoisotopic (exact) mass is 432 g/mol. The third kappa shape index (κ3) is 3.09. The number of carbonyl (C=O) groups excluding carboxylic acids is 1. The third-order valence-corrected chi connectivity index (χ3v) is 6.10. The van der Waals surface area contributed by atoms with Gasteiger partial charge in [0.05, 0.1) is 5.02 Å². The molecular formula is C18H12Cl4O4. The Morgan fingerprint density at radius 3 is 2.54 bits per heavy atom. The van der Waals surface area contributed by atoms with Gasteiger partial charge in [-0.25, -0.2) is 0 Å². The maximum Gasteiger partial charge on any atom is 0.313 e. The van der Waals surface area contributed by atoms with Crippen molar-refractivity contribution in [1.29, 1.82) is 0 Å². The number of carbonyl (C=O) groups is 1. The summed E-state index contributed by atoms with van der Waals surface area (Å²) in [5.74, 6) is -0.497. The fourth-order valence-corrected chi connectivity index (χ4v) is 4.30. The lowest BCUT2D eigenvalue weighted by Crippen LogP contribution is -2.11. The standard InChI is InChI=1S/C18H12Cl4O4/c19-11-4-2-1-3-10(11)15-16(18(15,21)22)17(23)24-7-9-5-13-14(6-12(9)20)26-8-25-13/h1-6,15-16H,7-8H2. The molecule has 0 radical (unpaired) electrons. The van der Waals surface area contributed by atoms with Gasteiger partial charge in [0.25, 0.3) is 0 Å². The second-order valence-electron chi connectivity index (χ2n) is 6.06. The molecule has 26 heavy (non-hydrogen) atoms. The number of esters is 1. The van der Waals surface area contributed by atoms with Crippen molar-refractivity contribution in [2.75, 3.05) is 6.79 Å². The number of benzene rings is 2. The molecule has 2 aliphatic rings. The number of ether oxygens (including phenoxy) is 3. The van der Waals surface area contributed by atoms with E-state index >= 15 is 0 Å². The van der Waals surface area contributed by atoms with Crippen LogP contribution in [0.15, 0.2) is 36.4 Å². The Morgan fingerprint density at radius 1 is 1.12 bits per heavy atom. The quantitative estimate of drug-likeness (QED) is 0.481. The molecule has 2 atom stereocenters. The predicted octanol–water partition coefficient (Wildman–Crippen LogP) is 5.35. The van der Waals surface area contributed by atoms with E-state index in [0.717, 1.165) is 5.56 Å². The van der Waals surface area contributed by atoms with Crippen LogP contribution in [0.25, 0.3) is 0 Å². The van der Waals surface area contributed by atoms with Gasteiger partial charge in [0.2, 0.25) is 6.79 Å². The van der Waals surface area contributed by atoms with Crippen LogP contribution in [-0.4, -0.2) is 17.1 Å². The van der Waals surface area contributed by atoms with Crippen LogP contribution in [0.3, 0.4) is 0 Å². The first-order chi connectivity index (χ1) is 12.4. The van der Waals surface area contributed by atoms with Crippen LogP contribution in [0, 0.1) is 5.92 Å². The molecule has 136 valence electrons. The number of fused-ring (bicyclic) bond motifs is 1. The third-order valence-electron chi connectivity index (χ3n) is 4.46. The number of halogens is 4. The van der Waals surface area contributed by atoms with Gasteiger partial charge in [0.15, 0.2) is 11.5 Å². The van der Waals surface area contributed by atoms with Gasteiger partial charge in [0.1, 0.15) is 16.9 Å². The van der Waals surface area contributed by atoms with Gasteiger partial charge >= 0.3 is 5.97 Å². The number of rotatable bonds is 4. The molecular weight excluding hydrogens is 422 g/mol. The second-order valence-corrected chi connectivity index (χ2v) is 8.31. The van der Waals surface area contributed by atoms with E-state index in [9.17, 15) is 4.79 Å². The summed E-state index contributed by atoms with van der Waals surface area (Å²) >= 11 is 25.0. The summed E-state index contributed by atoms with van der Waals surface area (Å²) in [5.41, 5.74) is 1.33. The lowest BCUT2D eigenvalue weighted by atomic mass is 10.1. The van der Waals surface area contributed by atoms with Crippen LogP contribution in [0.5, 0.6) is 11.5 Å². The molecule has 1 heterocycles. The molecule has 8 heteroatoms. The van der Waals surface area contributed by atoms with Crippen LogP contribution in [0.1, 0.15) is 17.0 Å². The maximum atomic E-state index is 12.5. The van der Waals surface area contributed by atoms with Crippen molar-refractivity contribution >= 4 is 52.4 Å². The zero-order valence-electron chi connectivity index (χ0n) is 13.2. The molecule has 1 fully saturated rings.